The summed E-state index contributed by atoms with van der Waals surface area (Å²) in [7, 11) is 1.61. The van der Waals surface area contributed by atoms with Crippen LogP contribution in [-0.4, -0.2) is 23.6 Å². The highest BCUT2D eigenvalue weighted by Gasteiger charge is 2.32. The lowest BCUT2D eigenvalue weighted by Crippen LogP contribution is -2.26. The number of nitrogens with zero attached hydrogens (tertiary/aromatic N) is 1. The first kappa shape index (κ1) is 26.7. The monoisotopic (exact) mass is 523 g/mol. The third-order valence-corrected chi connectivity index (χ3v) is 7.90. The minimum atomic E-state index is -0.224. The number of esters is 1. The van der Waals surface area contributed by atoms with E-state index in [0.717, 1.165) is 34.1 Å². The molecule has 39 heavy (non-hydrogen) atoms. The van der Waals surface area contributed by atoms with Crippen molar-refractivity contribution in [3.8, 4) is 5.75 Å². The number of rotatable bonds is 8. The van der Waals surface area contributed by atoms with Crippen LogP contribution < -0.4 is 4.74 Å². The normalized spacial score (nSPS) is 15.7. The van der Waals surface area contributed by atoms with E-state index in [4.69, 9.17) is 9.47 Å². The third-order valence-electron chi connectivity index (χ3n) is 7.90. The number of hydrogen-bond donors (Lipinski definition) is 0. The van der Waals surface area contributed by atoms with E-state index in [2.05, 4.69) is 45.0 Å². The number of aromatic nitrogens is 1. The molecule has 4 aromatic rings. The average molecular weight is 524 g/mol. The maximum Gasteiger partial charge on any atom is 0.309 e. The average Bonchev–Trinajstić information content (AvgIpc) is 3.29. The van der Waals surface area contributed by atoms with Gasteiger partial charge in [0.25, 0.3) is 5.91 Å². The Morgan fingerprint density at radius 3 is 2.36 bits per heavy atom. The fraction of sp³-hybridized carbons (Fsp3) is 0.353. The largest absolute Gasteiger partial charge is 0.497 e. The van der Waals surface area contributed by atoms with Crippen molar-refractivity contribution in [3.63, 3.8) is 0 Å². The molecule has 1 aliphatic carbocycles. The number of carbonyl (C=O) groups is 2. The van der Waals surface area contributed by atoms with Gasteiger partial charge in [-0.3, -0.25) is 14.2 Å². The van der Waals surface area contributed by atoms with Crippen molar-refractivity contribution in [2.45, 2.75) is 59.0 Å². The fourth-order valence-electron chi connectivity index (χ4n) is 5.86. The summed E-state index contributed by atoms with van der Waals surface area (Å²) in [5.41, 5.74) is 5.87. The quantitative estimate of drug-likeness (QED) is 0.227. The molecule has 2 atom stereocenters. The summed E-state index contributed by atoms with van der Waals surface area (Å²) in [5.74, 6) is 1.42. The molecule has 0 saturated heterocycles. The summed E-state index contributed by atoms with van der Waals surface area (Å²) in [4.78, 5) is 26.7. The SMILES string of the molecule is COc1ccc(C(=O)n2c3c(c4ccccc42)CC(C(=O)OCc2ccc(C(C)CC(C)C)cc2)CC3)cc1. The minimum Gasteiger partial charge on any atom is -0.497 e. The summed E-state index contributed by atoms with van der Waals surface area (Å²) in [6.45, 7) is 7.02. The van der Waals surface area contributed by atoms with Crippen molar-refractivity contribution in [1.82, 2.24) is 4.57 Å². The zero-order chi connectivity index (χ0) is 27.5. The molecule has 0 aliphatic heterocycles. The second-order valence-electron chi connectivity index (χ2n) is 11.1. The van der Waals surface area contributed by atoms with E-state index in [1.54, 1.807) is 31.4 Å². The smallest absolute Gasteiger partial charge is 0.309 e. The van der Waals surface area contributed by atoms with Gasteiger partial charge < -0.3 is 9.47 Å². The van der Waals surface area contributed by atoms with Crippen LogP contribution in [0.1, 0.15) is 72.3 Å². The number of fused-ring (bicyclic) bond motifs is 3. The molecule has 5 nitrogen and oxygen atoms in total. The molecule has 0 spiro atoms. The predicted molar refractivity (Wildman–Crippen MR) is 154 cm³/mol. The van der Waals surface area contributed by atoms with E-state index in [1.807, 2.05) is 28.8 Å². The number of para-hydroxylation sites is 1. The topological polar surface area (TPSA) is 57.5 Å². The van der Waals surface area contributed by atoms with Crippen molar-refractivity contribution in [3.05, 3.63) is 101 Å². The van der Waals surface area contributed by atoms with Crippen LogP contribution in [0.2, 0.25) is 0 Å². The van der Waals surface area contributed by atoms with Crippen LogP contribution in [0.5, 0.6) is 5.75 Å². The second kappa shape index (κ2) is 11.5. The highest BCUT2D eigenvalue weighted by Crippen LogP contribution is 2.35. The van der Waals surface area contributed by atoms with Crippen molar-refractivity contribution in [2.24, 2.45) is 11.8 Å². The van der Waals surface area contributed by atoms with Gasteiger partial charge in [0.2, 0.25) is 0 Å². The third kappa shape index (κ3) is 5.63. The maximum absolute atomic E-state index is 13.6. The molecular weight excluding hydrogens is 486 g/mol. The van der Waals surface area contributed by atoms with Gasteiger partial charge >= 0.3 is 5.97 Å². The first-order valence-electron chi connectivity index (χ1n) is 13.9. The van der Waals surface area contributed by atoms with Gasteiger partial charge in [0, 0.05) is 16.6 Å². The van der Waals surface area contributed by atoms with Crippen LogP contribution in [0, 0.1) is 11.8 Å². The Bertz CT molecular complexity index is 1460. The Morgan fingerprint density at radius 1 is 0.949 bits per heavy atom. The zero-order valence-electron chi connectivity index (χ0n) is 23.3. The van der Waals surface area contributed by atoms with Gasteiger partial charge in [0.1, 0.15) is 12.4 Å². The Kier molecular flexibility index (Phi) is 7.87. The van der Waals surface area contributed by atoms with Gasteiger partial charge in [-0.2, -0.15) is 0 Å². The standard InChI is InChI=1S/C34H37NO4/c1-22(2)19-23(3)25-11-9-24(10-12-25)21-39-34(37)27-15-18-32-30(20-27)29-7-5-6-8-31(29)35(32)33(36)26-13-16-28(38-4)17-14-26/h5-14,16-17,22-23,27H,15,18-21H2,1-4H3. The molecule has 1 heterocycles. The van der Waals surface area contributed by atoms with Crippen molar-refractivity contribution < 1.29 is 19.1 Å². The molecule has 5 rings (SSSR count). The van der Waals surface area contributed by atoms with Gasteiger partial charge in [-0.05, 0) is 84.5 Å². The van der Waals surface area contributed by atoms with E-state index in [9.17, 15) is 9.59 Å². The van der Waals surface area contributed by atoms with Gasteiger partial charge in [-0.1, -0.05) is 63.2 Å². The molecule has 0 fully saturated rings. The van der Waals surface area contributed by atoms with Gasteiger partial charge in [0.05, 0.1) is 18.5 Å². The molecule has 3 aromatic carbocycles. The molecule has 1 aromatic heterocycles. The second-order valence-corrected chi connectivity index (χ2v) is 11.1. The first-order valence-corrected chi connectivity index (χ1v) is 13.9. The number of carbonyl (C=O) groups excluding carboxylic acids is 2. The lowest BCUT2D eigenvalue weighted by molar-refractivity contribution is -0.150. The number of methoxy groups -OCH3 is 1. The minimum absolute atomic E-state index is 0.0673. The van der Waals surface area contributed by atoms with Crippen LogP contribution in [0.15, 0.2) is 72.8 Å². The van der Waals surface area contributed by atoms with Crippen LogP contribution in [0.4, 0.5) is 0 Å². The molecule has 202 valence electrons. The maximum atomic E-state index is 13.6. The Morgan fingerprint density at radius 2 is 1.67 bits per heavy atom. The molecular formula is C34H37NO4. The summed E-state index contributed by atoms with van der Waals surface area (Å²) in [6, 6.07) is 23.6. The lowest BCUT2D eigenvalue weighted by atomic mass is 9.86. The van der Waals surface area contributed by atoms with Gasteiger partial charge in [-0.25, -0.2) is 0 Å². The highest BCUT2D eigenvalue weighted by atomic mass is 16.5. The van der Waals surface area contributed by atoms with Crippen LogP contribution in [-0.2, 0) is 29.0 Å². The Balaban J connectivity index is 1.30. The Labute approximate surface area is 230 Å². The summed E-state index contributed by atoms with van der Waals surface area (Å²) >= 11 is 0. The van der Waals surface area contributed by atoms with Crippen LogP contribution in [0.25, 0.3) is 10.9 Å². The summed E-state index contributed by atoms with van der Waals surface area (Å²) in [5, 5.41) is 1.03. The fourth-order valence-corrected chi connectivity index (χ4v) is 5.86. The van der Waals surface area contributed by atoms with Gasteiger partial charge in [0.15, 0.2) is 0 Å². The molecule has 2 unspecified atom stereocenters. The lowest BCUT2D eigenvalue weighted by Gasteiger charge is -2.22. The molecule has 0 amide bonds. The molecule has 1 aliphatic rings. The van der Waals surface area contributed by atoms with E-state index < -0.39 is 0 Å². The van der Waals surface area contributed by atoms with Crippen molar-refractivity contribution in [2.75, 3.05) is 7.11 Å². The highest BCUT2D eigenvalue weighted by molar-refractivity contribution is 6.04. The summed E-state index contributed by atoms with van der Waals surface area (Å²) < 4.78 is 12.9. The first-order chi connectivity index (χ1) is 18.9. The van der Waals surface area contributed by atoms with Crippen LogP contribution in [0.3, 0.4) is 0 Å². The number of hydrogen-bond acceptors (Lipinski definition) is 4. The molecule has 0 N–H and O–H groups in total. The molecule has 5 heteroatoms. The van der Waals surface area contributed by atoms with Crippen molar-refractivity contribution in [1.29, 1.82) is 0 Å². The summed E-state index contributed by atoms with van der Waals surface area (Å²) in [6.07, 6.45) is 3.03. The van der Waals surface area contributed by atoms with E-state index >= 15 is 0 Å². The predicted octanol–water partition coefficient (Wildman–Crippen LogP) is 7.34. The van der Waals surface area contributed by atoms with Crippen LogP contribution >= 0.6 is 0 Å². The Hall–Kier alpha value is -3.86. The molecule has 0 radical (unpaired) electrons. The molecule has 0 bridgehead atoms. The van der Waals surface area contributed by atoms with Crippen molar-refractivity contribution >= 4 is 22.8 Å². The number of ether oxygens (including phenoxy) is 2. The molecule has 0 saturated carbocycles. The number of benzene rings is 3. The van der Waals surface area contributed by atoms with E-state index in [1.165, 1.54) is 5.56 Å². The van der Waals surface area contributed by atoms with E-state index in [-0.39, 0.29) is 24.4 Å². The van der Waals surface area contributed by atoms with Gasteiger partial charge in [-0.15, -0.1) is 0 Å². The zero-order valence-corrected chi connectivity index (χ0v) is 23.3. The van der Waals surface area contributed by atoms with E-state index in [0.29, 0.717) is 42.4 Å².